The van der Waals surface area contributed by atoms with Gasteiger partial charge >= 0.3 is 0 Å². The zero-order valence-electron chi connectivity index (χ0n) is 11.4. The van der Waals surface area contributed by atoms with E-state index in [1.54, 1.807) is 6.92 Å². The number of nitrogens with one attached hydrogen (secondary N) is 1. The van der Waals surface area contributed by atoms with E-state index in [2.05, 4.69) is 10.3 Å². The van der Waals surface area contributed by atoms with Crippen LogP contribution in [0.5, 0.6) is 5.75 Å². The second-order valence-corrected chi connectivity index (χ2v) is 5.58. The van der Waals surface area contributed by atoms with Crippen LogP contribution >= 0.6 is 11.3 Å². The number of hydrogen-bond donors (Lipinski definition) is 1. The fourth-order valence-electron chi connectivity index (χ4n) is 1.89. The number of amides is 1. The minimum Gasteiger partial charge on any atom is -0.481 e. The molecule has 1 unspecified atom stereocenters. The van der Waals surface area contributed by atoms with Crippen LogP contribution in [0.4, 0.5) is 5.13 Å². The van der Waals surface area contributed by atoms with Gasteiger partial charge in [-0.1, -0.05) is 41.7 Å². The highest BCUT2D eigenvalue weighted by Crippen LogP contribution is 2.25. The highest BCUT2D eigenvalue weighted by atomic mass is 32.1. The fourth-order valence-corrected chi connectivity index (χ4v) is 2.76. The Kier molecular flexibility index (Phi) is 3.83. The van der Waals surface area contributed by atoms with Crippen molar-refractivity contribution in [2.24, 2.45) is 0 Å². The number of ether oxygens (including phenoxy) is 1. The molecule has 1 amide bonds. The summed E-state index contributed by atoms with van der Waals surface area (Å²) in [6.07, 6.45) is -0.584. The van der Waals surface area contributed by atoms with E-state index in [4.69, 9.17) is 4.74 Å². The Morgan fingerprint density at radius 2 is 1.86 bits per heavy atom. The molecule has 2 aromatic carbocycles. The van der Waals surface area contributed by atoms with Crippen molar-refractivity contribution in [3.8, 4) is 5.75 Å². The summed E-state index contributed by atoms with van der Waals surface area (Å²) in [6.45, 7) is 1.72. The van der Waals surface area contributed by atoms with E-state index in [1.807, 2.05) is 54.6 Å². The van der Waals surface area contributed by atoms with E-state index in [9.17, 15) is 4.79 Å². The molecular formula is C16H14N2O2S. The van der Waals surface area contributed by atoms with E-state index in [0.29, 0.717) is 10.9 Å². The Bertz CT molecular complexity index is 722. The summed E-state index contributed by atoms with van der Waals surface area (Å²) in [6, 6.07) is 17.1. The monoisotopic (exact) mass is 298 g/mol. The van der Waals surface area contributed by atoms with E-state index in [0.717, 1.165) is 10.2 Å². The summed E-state index contributed by atoms with van der Waals surface area (Å²) < 4.78 is 6.63. The molecule has 0 saturated carbocycles. The highest BCUT2D eigenvalue weighted by Gasteiger charge is 2.16. The second-order valence-electron chi connectivity index (χ2n) is 4.55. The molecule has 0 fully saturated rings. The average Bonchev–Trinajstić information content (AvgIpc) is 2.90. The first kappa shape index (κ1) is 13.6. The molecule has 21 heavy (non-hydrogen) atoms. The average molecular weight is 298 g/mol. The van der Waals surface area contributed by atoms with E-state index in [1.165, 1.54) is 11.3 Å². The standard InChI is InChI=1S/C16H14N2O2S/c1-11(20-12-7-3-2-4-8-12)15(19)18-16-17-13-9-5-6-10-14(13)21-16/h2-11H,1H3,(H,17,18,19). The fraction of sp³-hybridized carbons (Fsp3) is 0.125. The Morgan fingerprint density at radius 3 is 2.62 bits per heavy atom. The number of thiazole rings is 1. The lowest BCUT2D eigenvalue weighted by atomic mass is 10.3. The maximum Gasteiger partial charge on any atom is 0.266 e. The molecule has 1 heterocycles. The van der Waals surface area contributed by atoms with Gasteiger partial charge in [-0.3, -0.25) is 10.1 Å². The molecule has 0 saturated heterocycles. The van der Waals surface area contributed by atoms with Gasteiger partial charge in [-0.2, -0.15) is 0 Å². The smallest absolute Gasteiger partial charge is 0.266 e. The third kappa shape index (κ3) is 3.20. The molecule has 0 spiro atoms. The molecule has 5 heteroatoms. The Morgan fingerprint density at radius 1 is 1.14 bits per heavy atom. The Hall–Kier alpha value is -2.40. The van der Waals surface area contributed by atoms with Gasteiger partial charge in [0.1, 0.15) is 5.75 Å². The maximum absolute atomic E-state index is 12.1. The molecule has 0 radical (unpaired) electrons. The minimum atomic E-state index is -0.584. The van der Waals surface area contributed by atoms with Crippen LogP contribution in [-0.2, 0) is 4.79 Å². The van der Waals surface area contributed by atoms with Gasteiger partial charge in [0.2, 0.25) is 0 Å². The molecule has 106 valence electrons. The second kappa shape index (κ2) is 5.93. The van der Waals surface area contributed by atoms with Crippen LogP contribution in [-0.4, -0.2) is 17.0 Å². The first-order valence-corrected chi connectivity index (χ1v) is 7.42. The van der Waals surface area contributed by atoms with E-state index >= 15 is 0 Å². The van der Waals surface area contributed by atoms with Crippen molar-refractivity contribution in [1.82, 2.24) is 4.98 Å². The van der Waals surface area contributed by atoms with Gasteiger partial charge in [0.15, 0.2) is 11.2 Å². The lowest BCUT2D eigenvalue weighted by molar-refractivity contribution is -0.122. The lowest BCUT2D eigenvalue weighted by Gasteiger charge is -2.13. The number of anilines is 1. The molecule has 3 rings (SSSR count). The van der Waals surface area contributed by atoms with E-state index in [-0.39, 0.29) is 5.91 Å². The zero-order valence-corrected chi connectivity index (χ0v) is 12.3. The third-order valence-corrected chi connectivity index (χ3v) is 3.90. The molecule has 0 aliphatic rings. The number of rotatable bonds is 4. The summed E-state index contributed by atoms with van der Waals surface area (Å²) in [5.41, 5.74) is 0.884. The number of carbonyl (C=O) groups excluding carboxylic acids is 1. The predicted molar refractivity (Wildman–Crippen MR) is 84.8 cm³/mol. The number of aromatic nitrogens is 1. The van der Waals surface area contributed by atoms with Gasteiger partial charge in [0.05, 0.1) is 10.2 Å². The van der Waals surface area contributed by atoms with Gasteiger partial charge in [-0.15, -0.1) is 0 Å². The van der Waals surface area contributed by atoms with E-state index < -0.39 is 6.10 Å². The van der Waals surface area contributed by atoms with Crippen LogP contribution in [0.3, 0.4) is 0 Å². The van der Waals surface area contributed by atoms with Gasteiger partial charge in [0.25, 0.3) is 5.91 Å². The number of para-hydroxylation sites is 2. The Labute approximate surface area is 126 Å². The molecule has 0 aliphatic carbocycles. The maximum atomic E-state index is 12.1. The topological polar surface area (TPSA) is 51.2 Å². The number of fused-ring (bicyclic) bond motifs is 1. The molecule has 0 aliphatic heterocycles. The van der Waals surface area contributed by atoms with Crippen LogP contribution < -0.4 is 10.1 Å². The number of nitrogens with zero attached hydrogens (tertiary/aromatic N) is 1. The highest BCUT2D eigenvalue weighted by molar-refractivity contribution is 7.22. The Balaban J connectivity index is 1.68. The van der Waals surface area contributed by atoms with Crippen molar-refractivity contribution < 1.29 is 9.53 Å². The summed E-state index contributed by atoms with van der Waals surface area (Å²) in [5.74, 6) is 0.461. The quantitative estimate of drug-likeness (QED) is 0.799. The summed E-state index contributed by atoms with van der Waals surface area (Å²) in [4.78, 5) is 16.5. The molecule has 0 bridgehead atoms. The first-order valence-electron chi connectivity index (χ1n) is 6.60. The van der Waals surface area contributed by atoms with Crippen LogP contribution in [0, 0.1) is 0 Å². The molecule has 3 aromatic rings. The van der Waals surface area contributed by atoms with Crippen LogP contribution in [0.15, 0.2) is 54.6 Å². The summed E-state index contributed by atoms with van der Waals surface area (Å²) >= 11 is 1.45. The van der Waals surface area contributed by atoms with Crippen LogP contribution in [0.2, 0.25) is 0 Å². The largest absolute Gasteiger partial charge is 0.481 e. The first-order chi connectivity index (χ1) is 10.2. The van der Waals surface area contributed by atoms with Crippen molar-refractivity contribution in [3.63, 3.8) is 0 Å². The number of hydrogen-bond acceptors (Lipinski definition) is 4. The van der Waals surface area contributed by atoms with Crippen LogP contribution in [0.25, 0.3) is 10.2 Å². The van der Waals surface area contributed by atoms with Gasteiger partial charge in [-0.05, 0) is 31.2 Å². The van der Waals surface area contributed by atoms with Crippen LogP contribution in [0.1, 0.15) is 6.92 Å². The predicted octanol–water partition coefficient (Wildman–Crippen LogP) is 3.70. The molecule has 1 atom stereocenters. The zero-order chi connectivity index (χ0) is 14.7. The van der Waals surface area contributed by atoms with Gasteiger partial charge < -0.3 is 4.74 Å². The number of carbonyl (C=O) groups is 1. The third-order valence-electron chi connectivity index (χ3n) is 2.95. The van der Waals surface area contributed by atoms with Crippen molar-refractivity contribution in [2.75, 3.05) is 5.32 Å². The molecule has 4 nitrogen and oxygen atoms in total. The van der Waals surface area contributed by atoms with Crippen molar-refractivity contribution in [1.29, 1.82) is 0 Å². The molecular weight excluding hydrogens is 284 g/mol. The van der Waals surface area contributed by atoms with Crippen molar-refractivity contribution >= 4 is 32.6 Å². The molecule has 1 N–H and O–H groups in total. The summed E-state index contributed by atoms with van der Waals surface area (Å²) in [7, 11) is 0. The lowest BCUT2D eigenvalue weighted by Crippen LogP contribution is -2.30. The SMILES string of the molecule is CC(Oc1ccccc1)C(=O)Nc1nc2ccccc2s1. The van der Waals surface area contributed by atoms with Crippen molar-refractivity contribution in [3.05, 3.63) is 54.6 Å². The normalized spacial score (nSPS) is 12.0. The summed E-state index contributed by atoms with van der Waals surface area (Å²) in [5, 5.41) is 3.38. The van der Waals surface area contributed by atoms with Gasteiger partial charge in [-0.25, -0.2) is 4.98 Å². The molecule has 1 aromatic heterocycles. The van der Waals surface area contributed by atoms with Gasteiger partial charge in [0, 0.05) is 0 Å². The van der Waals surface area contributed by atoms with Crippen molar-refractivity contribution in [2.45, 2.75) is 13.0 Å². The minimum absolute atomic E-state index is 0.210. The number of benzene rings is 2.